The minimum atomic E-state index is -4.87. The molecule has 1 heterocycles. The number of benzene rings is 1. The summed E-state index contributed by atoms with van der Waals surface area (Å²) in [5, 5.41) is 5.40. The molecular weight excluding hydrogens is 432 g/mol. The third-order valence-electron chi connectivity index (χ3n) is 4.44. The van der Waals surface area contributed by atoms with Crippen molar-refractivity contribution in [2.45, 2.75) is 31.9 Å². The van der Waals surface area contributed by atoms with E-state index < -0.39 is 29.7 Å². The molecule has 3 rings (SSSR count). The molecule has 2 aromatic rings. The molecule has 156 valence electrons. The monoisotopic (exact) mass is 448 g/mol. The van der Waals surface area contributed by atoms with Gasteiger partial charge in [0.05, 0.1) is 21.9 Å². The third kappa shape index (κ3) is 5.63. The van der Waals surface area contributed by atoms with E-state index >= 15 is 0 Å². The van der Waals surface area contributed by atoms with E-state index in [1.165, 1.54) is 12.1 Å². The number of anilines is 2. The second-order valence-corrected chi connectivity index (χ2v) is 7.36. The van der Waals surface area contributed by atoms with Crippen molar-refractivity contribution in [3.63, 3.8) is 0 Å². The van der Waals surface area contributed by atoms with Crippen molar-refractivity contribution in [1.29, 1.82) is 0 Å². The quantitative estimate of drug-likeness (QED) is 0.601. The fraction of sp³-hybridized carbons (Fsp3) is 0.389. The third-order valence-corrected chi connectivity index (χ3v) is 5.07. The highest BCUT2D eigenvalue weighted by atomic mass is 35.5. The standard InChI is InChI=1S/C18H17Cl2F3N4O2/c19-11-6-3-7-12(20)14(11)26-16-24-9-13(15(27-16)18(21,22)23)29-17(28)25-8-10-4-1-2-5-10/h3,6-7,9-10H,1-2,4-5,8H2,(H,25,28)(H,24,26,27). The first-order chi connectivity index (χ1) is 13.7. The summed E-state index contributed by atoms with van der Waals surface area (Å²) < 4.78 is 45.1. The van der Waals surface area contributed by atoms with Crippen LogP contribution in [0.2, 0.25) is 10.0 Å². The summed E-state index contributed by atoms with van der Waals surface area (Å²) in [4.78, 5) is 19.1. The fourth-order valence-electron chi connectivity index (χ4n) is 3.02. The topological polar surface area (TPSA) is 76.1 Å². The van der Waals surface area contributed by atoms with E-state index in [-0.39, 0.29) is 15.7 Å². The predicted octanol–water partition coefficient (Wildman–Crippen LogP) is 5.82. The molecule has 0 aliphatic heterocycles. The summed E-state index contributed by atoms with van der Waals surface area (Å²) >= 11 is 12.0. The number of hydrogen-bond acceptors (Lipinski definition) is 5. The Kier molecular flexibility index (Phi) is 6.69. The SMILES string of the molecule is O=C(NCC1CCCC1)Oc1cnc(Nc2c(Cl)cccc2Cl)nc1C(F)(F)F. The first-order valence-corrected chi connectivity index (χ1v) is 9.60. The molecule has 1 aromatic heterocycles. The van der Waals surface area contributed by atoms with Gasteiger partial charge < -0.3 is 15.4 Å². The number of hydrogen-bond donors (Lipinski definition) is 2. The Labute approximate surface area is 174 Å². The zero-order valence-corrected chi connectivity index (χ0v) is 16.5. The number of alkyl halides is 3. The number of para-hydroxylation sites is 1. The van der Waals surface area contributed by atoms with Crippen LogP contribution in [0, 0.1) is 5.92 Å². The minimum Gasteiger partial charge on any atom is -0.406 e. The van der Waals surface area contributed by atoms with Crippen molar-refractivity contribution in [1.82, 2.24) is 15.3 Å². The van der Waals surface area contributed by atoms with Gasteiger partial charge in [-0.15, -0.1) is 0 Å². The molecule has 0 atom stereocenters. The van der Waals surface area contributed by atoms with Gasteiger partial charge in [-0.2, -0.15) is 13.2 Å². The summed E-state index contributed by atoms with van der Waals surface area (Å²) in [6.07, 6.45) is -0.970. The van der Waals surface area contributed by atoms with Crippen LogP contribution in [0.1, 0.15) is 31.4 Å². The molecule has 11 heteroatoms. The maximum atomic E-state index is 13.4. The zero-order chi connectivity index (χ0) is 21.0. The minimum absolute atomic E-state index is 0.159. The molecule has 29 heavy (non-hydrogen) atoms. The van der Waals surface area contributed by atoms with Crippen LogP contribution in [0.5, 0.6) is 5.75 Å². The van der Waals surface area contributed by atoms with Gasteiger partial charge in [0, 0.05) is 6.54 Å². The lowest BCUT2D eigenvalue weighted by Gasteiger charge is -2.15. The van der Waals surface area contributed by atoms with Gasteiger partial charge in [0.2, 0.25) is 5.95 Å². The van der Waals surface area contributed by atoms with Crippen LogP contribution in [0.4, 0.5) is 29.6 Å². The summed E-state index contributed by atoms with van der Waals surface area (Å²) in [7, 11) is 0. The van der Waals surface area contributed by atoms with Crippen LogP contribution in [0.25, 0.3) is 0 Å². The number of carbonyl (C=O) groups excluding carboxylic acids is 1. The predicted molar refractivity (Wildman–Crippen MR) is 103 cm³/mol. The Morgan fingerprint density at radius 1 is 1.21 bits per heavy atom. The maximum absolute atomic E-state index is 13.4. The van der Waals surface area contributed by atoms with E-state index in [0.717, 1.165) is 31.9 Å². The highest BCUT2D eigenvalue weighted by Gasteiger charge is 2.38. The average molecular weight is 449 g/mol. The first-order valence-electron chi connectivity index (χ1n) is 8.85. The zero-order valence-electron chi connectivity index (χ0n) is 15.0. The van der Waals surface area contributed by atoms with Crippen molar-refractivity contribution < 1.29 is 22.7 Å². The van der Waals surface area contributed by atoms with E-state index in [4.69, 9.17) is 27.9 Å². The van der Waals surface area contributed by atoms with Crippen LogP contribution in [0.15, 0.2) is 24.4 Å². The molecule has 1 amide bonds. The normalized spacial score (nSPS) is 14.7. The fourth-order valence-corrected chi connectivity index (χ4v) is 3.51. The molecule has 0 unspecified atom stereocenters. The van der Waals surface area contributed by atoms with Gasteiger partial charge >= 0.3 is 12.3 Å². The molecule has 0 saturated heterocycles. The molecule has 2 N–H and O–H groups in total. The van der Waals surface area contributed by atoms with Crippen LogP contribution in [-0.4, -0.2) is 22.6 Å². The van der Waals surface area contributed by atoms with Gasteiger partial charge in [0.15, 0.2) is 11.4 Å². The number of ether oxygens (including phenoxy) is 1. The second-order valence-electron chi connectivity index (χ2n) is 6.55. The molecule has 1 aliphatic rings. The van der Waals surface area contributed by atoms with Gasteiger partial charge in [-0.3, -0.25) is 0 Å². The number of amides is 1. The molecule has 6 nitrogen and oxygen atoms in total. The summed E-state index contributed by atoms with van der Waals surface area (Å²) in [6, 6.07) is 4.60. The highest BCUT2D eigenvalue weighted by molar-refractivity contribution is 6.39. The van der Waals surface area contributed by atoms with E-state index in [2.05, 4.69) is 20.6 Å². The lowest BCUT2D eigenvalue weighted by Crippen LogP contribution is -2.31. The first kappa shape index (κ1) is 21.4. The van der Waals surface area contributed by atoms with E-state index in [9.17, 15) is 18.0 Å². The molecular formula is C18H17Cl2F3N4O2. The number of nitrogens with one attached hydrogen (secondary N) is 2. The van der Waals surface area contributed by atoms with Crippen LogP contribution in [0.3, 0.4) is 0 Å². The molecule has 1 saturated carbocycles. The highest BCUT2D eigenvalue weighted by Crippen LogP contribution is 2.37. The number of halogens is 5. The number of carbonyl (C=O) groups is 1. The lowest BCUT2D eigenvalue weighted by molar-refractivity contribution is -0.142. The molecule has 0 bridgehead atoms. The maximum Gasteiger partial charge on any atom is 0.437 e. The van der Waals surface area contributed by atoms with Crippen LogP contribution in [-0.2, 0) is 6.18 Å². The molecule has 0 spiro atoms. The van der Waals surface area contributed by atoms with E-state index in [0.29, 0.717) is 12.5 Å². The van der Waals surface area contributed by atoms with Gasteiger partial charge in [-0.05, 0) is 30.9 Å². The van der Waals surface area contributed by atoms with E-state index in [1.54, 1.807) is 6.07 Å². The smallest absolute Gasteiger partial charge is 0.406 e. The molecule has 0 radical (unpaired) electrons. The summed E-state index contributed by atoms with van der Waals surface area (Å²) in [5.41, 5.74) is -1.24. The number of rotatable bonds is 5. The summed E-state index contributed by atoms with van der Waals surface area (Å²) in [6.45, 7) is 0.353. The van der Waals surface area contributed by atoms with Crippen molar-refractivity contribution >= 4 is 40.9 Å². The lowest BCUT2D eigenvalue weighted by atomic mass is 10.1. The number of aromatic nitrogens is 2. The van der Waals surface area contributed by atoms with Crippen molar-refractivity contribution in [3.05, 3.63) is 40.1 Å². The Morgan fingerprint density at radius 3 is 2.48 bits per heavy atom. The largest absolute Gasteiger partial charge is 0.437 e. The van der Waals surface area contributed by atoms with Crippen LogP contribution < -0.4 is 15.4 Å². The van der Waals surface area contributed by atoms with Crippen molar-refractivity contribution in [2.75, 3.05) is 11.9 Å². The Hall–Kier alpha value is -2.26. The molecule has 1 aromatic carbocycles. The Balaban J connectivity index is 1.76. The molecule has 1 fully saturated rings. The van der Waals surface area contributed by atoms with Gasteiger partial charge in [0.1, 0.15) is 0 Å². The molecule has 1 aliphatic carbocycles. The van der Waals surface area contributed by atoms with Crippen molar-refractivity contribution in [3.8, 4) is 5.75 Å². The van der Waals surface area contributed by atoms with E-state index in [1.807, 2.05) is 0 Å². The van der Waals surface area contributed by atoms with Gasteiger partial charge in [0.25, 0.3) is 0 Å². The summed E-state index contributed by atoms with van der Waals surface area (Å²) in [5.74, 6) is -0.879. The second kappa shape index (κ2) is 9.04. The van der Waals surface area contributed by atoms with Crippen molar-refractivity contribution in [2.24, 2.45) is 5.92 Å². The average Bonchev–Trinajstić information content (AvgIpc) is 3.17. The number of nitrogens with zero attached hydrogens (tertiary/aromatic N) is 2. The Morgan fingerprint density at radius 2 is 1.86 bits per heavy atom. The van der Waals surface area contributed by atoms with Gasteiger partial charge in [-0.25, -0.2) is 14.8 Å². The van der Waals surface area contributed by atoms with Gasteiger partial charge in [-0.1, -0.05) is 42.1 Å². The Bertz CT molecular complexity index is 870. The van der Waals surface area contributed by atoms with Crippen LogP contribution >= 0.6 is 23.2 Å².